The summed E-state index contributed by atoms with van der Waals surface area (Å²) in [6.45, 7) is 0. The zero-order chi connectivity index (χ0) is 20.4. The van der Waals surface area contributed by atoms with Crippen LogP contribution in [-0.4, -0.2) is 15.8 Å². The quantitative estimate of drug-likeness (QED) is 0.314. The first-order valence-electron chi connectivity index (χ1n) is 10.5. The van der Waals surface area contributed by atoms with Crippen molar-refractivity contribution in [1.29, 1.82) is 0 Å². The van der Waals surface area contributed by atoms with Gasteiger partial charge in [-0.25, -0.2) is 4.98 Å². The third-order valence-electron chi connectivity index (χ3n) is 6.03. The average Bonchev–Trinajstić information content (AvgIpc) is 3.58. The maximum atomic E-state index is 11.6. The number of nitrogens with zero attached hydrogens (tertiary/aromatic N) is 2. The number of hydrogen-bond acceptors (Lipinski definition) is 2. The van der Waals surface area contributed by atoms with Crippen molar-refractivity contribution in [1.82, 2.24) is 9.55 Å². The lowest BCUT2D eigenvalue weighted by Crippen LogP contribution is -2.40. The molecule has 1 aliphatic carbocycles. The predicted molar refractivity (Wildman–Crippen MR) is 119 cm³/mol. The third-order valence-corrected chi connectivity index (χ3v) is 6.03. The van der Waals surface area contributed by atoms with E-state index in [4.69, 9.17) is 4.98 Å². The van der Waals surface area contributed by atoms with Gasteiger partial charge < -0.3 is 9.36 Å². The maximum absolute atomic E-state index is 11.6. The van der Waals surface area contributed by atoms with E-state index < -0.39 is 5.54 Å². The second kappa shape index (κ2) is 7.75. The van der Waals surface area contributed by atoms with Crippen LogP contribution in [0.1, 0.15) is 47.0 Å². The van der Waals surface area contributed by atoms with Crippen molar-refractivity contribution in [3.05, 3.63) is 125 Å². The smallest absolute Gasteiger partial charge is 0.127 e. The van der Waals surface area contributed by atoms with Gasteiger partial charge in [0.15, 0.2) is 0 Å². The first-order valence-corrected chi connectivity index (χ1v) is 10.5. The Balaban J connectivity index is 1.93. The normalized spacial score (nSPS) is 13.9. The van der Waals surface area contributed by atoms with Crippen molar-refractivity contribution in [2.24, 2.45) is 0 Å². The molecule has 0 bridgehead atoms. The van der Waals surface area contributed by atoms with Gasteiger partial charge in [-0.2, -0.15) is 0 Å². The molecule has 1 saturated carbocycles. The van der Waals surface area contributed by atoms with Crippen LogP contribution in [0.4, 0.5) is 0 Å². The molecule has 1 aromatic heterocycles. The minimum atomic E-state index is -0.601. The van der Waals surface area contributed by atoms with Crippen molar-refractivity contribution in [3.8, 4) is 0 Å². The molecular weight excluding hydrogens is 368 g/mol. The SMILES string of the molecule is O=CCc1ncc(C2CC2)n1C(c1ccccc1)(c1ccccc1)c1ccccc1. The van der Waals surface area contributed by atoms with E-state index in [-0.39, 0.29) is 0 Å². The highest BCUT2D eigenvalue weighted by atomic mass is 16.1. The van der Waals surface area contributed by atoms with Gasteiger partial charge in [0.25, 0.3) is 0 Å². The monoisotopic (exact) mass is 392 g/mol. The average molecular weight is 393 g/mol. The summed E-state index contributed by atoms with van der Waals surface area (Å²) in [7, 11) is 0. The Hall–Kier alpha value is -3.46. The van der Waals surface area contributed by atoms with E-state index in [1.807, 2.05) is 24.4 Å². The number of carbonyl (C=O) groups excluding carboxylic acids is 1. The Kier molecular flexibility index (Phi) is 4.80. The molecule has 0 amide bonds. The molecule has 30 heavy (non-hydrogen) atoms. The summed E-state index contributed by atoms with van der Waals surface area (Å²) in [6, 6.07) is 31.8. The standard InChI is InChI=1S/C27H24N2O/c30-19-18-26-28-20-25(21-16-17-21)29(26)27(22-10-4-1-5-11-22,23-12-6-2-7-13-23)24-14-8-3-9-15-24/h1-15,19-21H,16-18H2. The second-order valence-electron chi connectivity index (χ2n) is 7.89. The summed E-state index contributed by atoms with van der Waals surface area (Å²) in [5, 5.41) is 0. The lowest BCUT2D eigenvalue weighted by atomic mass is 9.76. The summed E-state index contributed by atoms with van der Waals surface area (Å²) >= 11 is 0. The fourth-order valence-corrected chi connectivity index (χ4v) is 4.60. The summed E-state index contributed by atoms with van der Waals surface area (Å²) in [4.78, 5) is 16.3. The Morgan fingerprint density at radius 1 is 0.800 bits per heavy atom. The van der Waals surface area contributed by atoms with Gasteiger partial charge >= 0.3 is 0 Å². The van der Waals surface area contributed by atoms with Crippen LogP contribution in [0.25, 0.3) is 0 Å². The molecule has 3 nitrogen and oxygen atoms in total. The zero-order valence-corrected chi connectivity index (χ0v) is 16.8. The van der Waals surface area contributed by atoms with Crippen LogP contribution in [0, 0.1) is 0 Å². The van der Waals surface area contributed by atoms with Gasteiger partial charge in [-0.05, 0) is 29.5 Å². The fraction of sp³-hybridized carbons (Fsp3) is 0.185. The molecule has 148 valence electrons. The maximum Gasteiger partial charge on any atom is 0.127 e. The predicted octanol–water partition coefficient (Wildman–Crippen LogP) is 5.34. The van der Waals surface area contributed by atoms with E-state index in [0.29, 0.717) is 12.3 Å². The molecule has 1 fully saturated rings. The van der Waals surface area contributed by atoms with Crippen LogP contribution < -0.4 is 0 Å². The van der Waals surface area contributed by atoms with Crippen LogP contribution in [0.2, 0.25) is 0 Å². The van der Waals surface area contributed by atoms with Gasteiger partial charge in [0.05, 0.1) is 6.42 Å². The van der Waals surface area contributed by atoms with E-state index in [0.717, 1.165) is 28.8 Å². The summed E-state index contributed by atoms with van der Waals surface area (Å²) < 4.78 is 2.35. The molecule has 3 heteroatoms. The highest BCUT2D eigenvalue weighted by Crippen LogP contribution is 2.48. The van der Waals surface area contributed by atoms with Crippen LogP contribution in [0.3, 0.4) is 0 Å². The minimum absolute atomic E-state index is 0.293. The van der Waals surface area contributed by atoms with Crippen molar-refractivity contribution in [3.63, 3.8) is 0 Å². The summed E-state index contributed by atoms with van der Waals surface area (Å²) in [5.74, 6) is 1.30. The van der Waals surface area contributed by atoms with Gasteiger partial charge in [0, 0.05) is 17.8 Å². The third kappa shape index (κ3) is 2.98. The number of rotatable bonds is 7. The van der Waals surface area contributed by atoms with E-state index in [9.17, 15) is 4.79 Å². The molecule has 0 saturated heterocycles. The Bertz CT molecular complexity index is 1030. The minimum Gasteiger partial charge on any atom is -0.313 e. The lowest BCUT2D eigenvalue weighted by Gasteiger charge is -2.40. The largest absolute Gasteiger partial charge is 0.313 e. The highest BCUT2D eigenvalue weighted by molar-refractivity contribution is 5.56. The lowest BCUT2D eigenvalue weighted by molar-refractivity contribution is -0.107. The fourth-order valence-electron chi connectivity index (χ4n) is 4.60. The van der Waals surface area contributed by atoms with E-state index >= 15 is 0 Å². The van der Waals surface area contributed by atoms with E-state index in [1.54, 1.807) is 0 Å². The molecule has 1 aliphatic rings. The molecular formula is C27H24N2O. The highest BCUT2D eigenvalue weighted by Gasteiger charge is 2.43. The van der Waals surface area contributed by atoms with Gasteiger partial charge in [-0.3, -0.25) is 0 Å². The number of benzene rings is 3. The Labute approximate surface area is 177 Å². The number of aldehydes is 1. The van der Waals surface area contributed by atoms with Crippen LogP contribution in [0.5, 0.6) is 0 Å². The summed E-state index contributed by atoms with van der Waals surface area (Å²) in [6.07, 6.45) is 5.57. The molecule has 3 aromatic carbocycles. The molecule has 0 radical (unpaired) electrons. The van der Waals surface area contributed by atoms with Gasteiger partial charge in [-0.15, -0.1) is 0 Å². The number of imidazole rings is 1. The van der Waals surface area contributed by atoms with E-state index in [2.05, 4.69) is 77.4 Å². The molecule has 1 heterocycles. The topological polar surface area (TPSA) is 34.9 Å². The number of aromatic nitrogens is 2. The van der Waals surface area contributed by atoms with Crippen molar-refractivity contribution >= 4 is 6.29 Å². The Morgan fingerprint density at radius 2 is 1.27 bits per heavy atom. The summed E-state index contributed by atoms with van der Waals surface area (Å²) in [5.41, 5.74) is 4.10. The first-order chi connectivity index (χ1) is 14.9. The Morgan fingerprint density at radius 3 is 1.67 bits per heavy atom. The molecule has 4 aromatic rings. The van der Waals surface area contributed by atoms with Crippen LogP contribution in [-0.2, 0) is 16.8 Å². The van der Waals surface area contributed by atoms with Crippen molar-refractivity contribution in [2.45, 2.75) is 30.7 Å². The van der Waals surface area contributed by atoms with Crippen molar-refractivity contribution < 1.29 is 4.79 Å². The van der Waals surface area contributed by atoms with Crippen LogP contribution in [0.15, 0.2) is 97.2 Å². The van der Waals surface area contributed by atoms with Crippen molar-refractivity contribution in [2.75, 3.05) is 0 Å². The first kappa shape index (κ1) is 18.6. The van der Waals surface area contributed by atoms with Gasteiger partial charge in [-0.1, -0.05) is 91.0 Å². The molecule has 0 N–H and O–H groups in total. The van der Waals surface area contributed by atoms with Crippen LogP contribution >= 0.6 is 0 Å². The second-order valence-corrected chi connectivity index (χ2v) is 7.89. The molecule has 0 spiro atoms. The number of carbonyl (C=O) groups is 1. The van der Waals surface area contributed by atoms with Gasteiger partial charge in [0.1, 0.15) is 17.6 Å². The zero-order valence-electron chi connectivity index (χ0n) is 16.8. The molecule has 5 rings (SSSR count). The molecule has 0 aliphatic heterocycles. The van der Waals surface area contributed by atoms with Gasteiger partial charge in [0.2, 0.25) is 0 Å². The molecule has 0 unspecified atom stereocenters. The molecule has 0 atom stereocenters. The van der Waals surface area contributed by atoms with E-state index in [1.165, 1.54) is 18.5 Å². The number of hydrogen-bond donors (Lipinski definition) is 0.